The molecule has 0 aliphatic heterocycles. The molecule has 0 aromatic heterocycles. The molecule has 2 atom stereocenters. The zero-order valence-corrected chi connectivity index (χ0v) is 6.71. The van der Waals surface area contributed by atoms with Gasteiger partial charge in [-0.25, -0.2) is 13.2 Å². The Kier molecular flexibility index (Phi) is 3.64. The molecule has 2 unspecified atom stereocenters. The Morgan fingerprint density at radius 2 is 1.91 bits per heavy atom. The van der Waals surface area contributed by atoms with E-state index in [-0.39, 0.29) is 25.2 Å². The van der Waals surface area contributed by atoms with E-state index in [1.807, 2.05) is 0 Å². The first-order chi connectivity index (χ1) is 4.51. The van der Waals surface area contributed by atoms with Gasteiger partial charge >= 0.3 is 0 Å². The summed E-state index contributed by atoms with van der Waals surface area (Å²) in [6.07, 6.45) is -2.40. The Hall–Kier alpha value is 0.0400. The van der Waals surface area contributed by atoms with Crippen molar-refractivity contribution in [2.45, 2.75) is 37.4 Å². The molecule has 1 rings (SSSR count). The minimum absolute atomic E-state index is 0. The van der Waals surface area contributed by atoms with Gasteiger partial charge in [-0.1, -0.05) is 0 Å². The van der Waals surface area contributed by atoms with Gasteiger partial charge in [0.15, 0.2) is 0 Å². The zero-order chi connectivity index (χ0) is 7.78. The van der Waals surface area contributed by atoms with Gasteiger partial charge in [0.25, 0.3) is 5.92 Å². The normalized spacial score (nSPS) is 36.0. The molecule has 0 saturated heterocycles. The van der Waals surface area contributed by atoms with Crippen molar-refractivity contribution in [1.29, 1.82) is 0 Å². The Bertz CT molecular complexity index is 131. The van der Waals surface area contributed by atoms with E-state index in [2.05, 4.69) is 0 Å². The summed E-state index contributed by atoms with van der Waals surface area (Å²) in [4.78, 5) is 0. The van der Waals surface area contributed by atoms with E-state index in [1.165, 1.54) is 0 Å². The highest BCUT2D eigenvalue weighted by Crippen LogP contribution is 2.33. The standard InChI is InChI=1S/C6H10F3N.ClH/c7-4-3-6(8,9)2-1-5(4)10;/h4-5H,1-3,10H2;1H. The van der Waals surface area contributed by atoms with Gasteiger partial charge in [0.2, 0.25) is 0 Å². The van der Waals surface area contributed by atoms with Crippen molar-refractivity contribution in [3.8, 4) is 0 Å². The summed E-state index contributed by atoms with van der Waals surface area (Å²) in [5, 5.41) is 0. The zero-order valence-electron chi connectivity index (χ0n) is 5.90. The number of hydrogen-bond acceptors (Lipinski definition) is 1. The minimum Gasteiger partial charge on any atom is -0.325 e. The lowest BCUT2D eigenvalue weighted by Crippen LogP contribution is -2.42. The van der Waals surface area contributed by atoms with Gasteiger partial charge in [0.05, 0.1) is 0 Å². The molecule has 0 aromatic carbocycles. The summed E-state index contributed by atoms with van der Waals surface area (Å²) in [5.74, 6) is -2.82. The van der Waals surface area contributed by atoms with Crippen LogP contribution in [-0.4, -0.2) is 18.1 Å². The van der Waals surface area contributed by atoms with Gasteiger partial charge in [-0.15, -0.1) is 12.4 Å². The number of rotatable bonds is 0. The lowest BCUT2D eigenvalue weighted by atomic mass is 9.91. The SMILES string of the molecule is Cl.NC1CCC(F)(F)CC1F. The fourth-order valence-electron chi connectivity index (χ4n) is 1.10. The summed E-state index contributed by atoms with van der Waals surface area (Å²) in [7, 11) is 0. The predicted octanol–water partition coefficient (Wildman–Crippen LogP) is 1.89. The van der Waals surface area contributed by atoms with Crippen LogP contribution in [0.25, 0.3) is 0 Å². The molecular formula is C6H11ClF3N. The molecule has 1 fully saturated rings. The summed E-state index contributed by atoms with van der Waals surface area (Å²) in [5.41, 5.74) is 5.19. The molecular weight excluding hydrogens is 179 g/mol. The maximum Gasteiger partial charge on any atom is 0.251 e. The molecule has 11 heavy (non-hydrogen) atoms. The monoisotopic (exact) mass is 189 g/mol. The fourth-order valence-corrected chi connectivity index (χ4v) is 1.10. The molecule has 2 N–H and O–H groups in total. The Balaban J connectivity index is 0.000001000. The van der Waals surface area contributed by atoms with Crippen molar-refractivity contribution in [2.24, 2.45) is 5.73 Å². The van der Waals surface area contributed by atoms with E-state index in [0.717, 1.165) is 0 Å². The first-order valence-corrected chi connectivity index (χ1v) is 3.29. The topological polar surface area (TPSA) is 26.0 Å². The van der Waals surface area contributed by atoms with E-state index in [0.29, 0.717) is 0 Å². The van der Waals surface area contributed by atoms with E-state index in [1.54, 1.807) is 0 Å². The van der Waals surface area contributed by atoms with Gasteiger partial charge in [-0.2, -0.15) is 0 Å². The van der Waals surface area contributed by atoms with Gasteiger partial charge in [0, 0.05) is 18.9 Å². The van der Waals surface area contributed by atoms with Crippen molar-refractivity contribution < 1.29 is 13.2 Å². The molecule has 5 heteroatoms. The molecule has 0 bridgehead atoms. The third-order valence-corrected chi connectivity index (χ3v) is 1.80. The summed E-state index contributed by atoms with van der Waals surface area (Å²) >= 11 is 0. The maximum absolute atomic E-state index is 12.5. The highest BCUT2D eigenvalue weighted by molar-refractivity contribution is 5.85. The van der Waals surface area contributed by atoms with Crippen LogP contribution in [0.4, 0.5) is 13.2 Å². The number of halogens is 4. The van der Waals surface area contributed by atoms with Crippen LogP contribution in [0.1, 0.15) is 19.3 Å². The second kappa shape index (κ2) is 3.63. The molecule has 0 amide bonds. The fraction of sp³-hybridized carbons (Fsp3) is 1.00. The van der Waals surface area contributed by atoms with Crippen molar-refractivity contribution >= 4 is 12.4 Å². The van der Waals surface area contributed by atoms with Gasteiger partial charge in [-0.3, -0.25) is 0 Å². The smallest absolute Gasteiger partial charge is 0.251 e. The third-order valence-electron chi connectivity index (χ3n) is 1.80. The molecule has 68 valence electrons. The molecule has 1 saturated carbocycles. The highest BCUT2D eigenvalue weighted by Gasteiger charge is 2.40. The Morgan fingerprint density at radius 1 is 1.36 bits per heavy atom. The van der Waals surface area contributed by atoms with E-state index in [4.69, 9.17) is 5.73 Å². The molecule has 0 aromatic rings. The van der Waals surface area contributed by atoms with E-state index in [9.17, 15) is 13.2 Å². The second-order valence-corrected chi connectivity index (χ2v) is 2.78. The van der Waals surface area contributed by atoms with Crippen LogP contribution in [0.2, 0.25) is 0 Å². The largest absolute Gasteiger partial charge is 0.325 e. The molecule has 0 radical (unpaired) electrons. The first kappa shape index (κ1) is 11.0. The second-order valence-electron chi connectivity index (χ2n) is 2.78. The van der Waals surface area contributed by atoms with Crippen molar-refractivity contribution in [1.82, 2.24) is 0 Å². The average molecular weight is 190 g/mol. The average Bonchev–Trinajstić information content (AvgIpc) is 1.79. The summed E-state index contributed by atoms with van der Waals surface area (Å²) < 4.78 is 37.1. The van der Waals surface area contributed by atoms with E-state index >= 15 is 0 Å². The highest BCUT2D eigenvalue weighted by atomic mass is 35.5. The van der Waals surface area contributed by atoms with Crippen LogP contribution >= 0.6 is 12.4 Å². The van der Waals surface area contributed by atoms with Gasteiger partial charge in [0.1, 0.15) is 6.17 Å². The minimum atomic E-state index is -2.82. The quantitative estimate of drug-likeness (QED) is 0.619. The third kappa shape index (κ3) is 2.87. The van der Waals surface area contributed by atoms with Crippen molar-refractivity contribution in [3.63, 3.8) is 0 Å². The molecule has 1 nitrogen and oxygen atoms in total. The maximum atomic E-state index is 12.5. The number of nitrogens with two attached hydrogens (primary N) is 1. The Morgan fingerprint density at radius 3 is 2.27 bits per heavy atom. The van der Waals surface area contributed by atoms with Crippen LogP contribution in [0, 0.1) is 0 Å². The van der Waals surface area contributed by atoms with Crippen molar-refractivity contribution in [2.75, 3.05) is 0 Å². The molecule has 1 aliphatic carbocycles. The van der Waals surface area contributed by atoms with Gasteiger partial charge in [-0.05, 0) is 6.42 Å². The molecule has 0 heterocycles. The van der Waals surface area contributed by atoms with Gasteiger partial charge < -0.3 is 5.73 Å². The van der Waals surface area contributed by atoms with Crippen LogP contribution in [-0.2, 0) is 0 Å². The first-order valence-electron chi connectivity index (χ1n) is 3.29. The Labute approximate surface area is 69.5 Å². The lowest BCUT2D eigenvalue weighted by molar-refractivity contribution is -0.0635. The number of hydrogen-bond donors (Lipinski definition) is 1. The predicted molar refractivity (Wildman–Crippen MR) is 38.9 cm³/mol. The lowest BCUT2D eigenvalue weighted by Gasteiger charge is -2.28. The summed E-state index contributed by atoms with van der Waals surface area (Å²) in [6.45, 7) is 0. The van der Waals surface area contributed by atoms with Crippen LogP contribution in [0.5, 0.6) is 0 Å². The van der Waals surface area contributed by atoms with E-state index < -0.39 is 24.6 Å². The van der Waals surface area contributed by atoms with Crippen molar-refractivity contribution in [3.05, 3.63) is 0 Å². The van der Waals surface area contributed by atoms with Crippen LogP contribution in [0.15, 0.2) is 0 Å². The summed E-state index contributed by atoms with van der Waals surface area (Å²) in [6, 6.07) is -0.681. The number of alkyl halides is 3. The van der Waals surface area contributed by atoms with Crippen LogP contribution in [0.3, 0.4) is 0 Å². The molecule has 1 aliphatic rings. The van der Waals surface area contributed by atoms with Crippen LogP contribution < -0.4 is 5.73 Å². The molecule has 0 spiro atoms.